The predicted molar refractivity (Wildman–Crippen MR) is 47.1 cm³/mol. The number of phenols is 1. The van der Waals surface area contributed by atoms with E-state index in [1.165, 1.54) is 5.56 Å². The van der Waals surface area contributed by atoms with Gasteiger partial charge in [-0.2, -0.15) is 0 Å². The normalized spacial score (nSPS) is 10.1. The van der Waals surface area contributed by atoms with Gasteiger partial charge >= 0.3 is 0 Å². The third-order valence-corrected chi connectivity index (χ3v) is 1.67. The molecule has 0 spiro atoms. The summed E-state index contributed by atoms with van der Waals surface area (Å²) in [5.74, 6) is 0.200. The van der Waals surface area contributed by atoms with E-state index >= 15 is 0 Å². The number of phenolic OH excluding ortho intramolecular Hbond substituents is 1. The molecule has 0 aliphatic heterocycles. The van der Waals surface area contributed by atoms with Gasteiger partial charge in [0, 0.05) is 19.8 Å². The molecule has 0 atom stereocenters. The number of benzene rings is 1. The Labute approximate surface area is 72.8 Å². The van der Waals surface area contributed by atoms with Crippen molar-refractivity contribution in [1.29, 1.82) is 0 Å². The Bertz CT molecular complexity index is 216. The highest BCUT2D eigenvalue weighted by molar-refractivity contribution is 5.24. The fourth-order valence-electron chi connectivity index (χ4n) is 1.02. The van der Waals surface area contributed by atoms with Gasteiger partial charge in [-0.15, -0.1) is 0 Å². The lowest BCUT2D eigenvalue weighted by Crippen LogP contribution is -1.91. The van der Waals surface area contributed by atoms with Gasteiger partial charge in [-0.25, -0.2) is 0 Å². The second-order valence-electron chi connectivity index (χ2n) is 2.68. The van der Waals surface area contributed by atoms with E-state index in [0.717, 1.165) is 19.4 Å². The molecule has 1 rings (SSSR count). The van der Waals surface area contributed by atoms with Gasteiger partial charge in [-0.3, -0.25) is 0 Å². The molecule has 0 aliphatic carbocycles. The average Bonchev–Trinajstić information content (AvgIpc) is 2.09. The van der Waals surface area contributed by atoms with Gasteiger partial charge in [0.1, 0.15) is 5.75 Å². The van der Waals surface area contributed by atoms with Crippen LogP contribution in [0.1, 0.15) is 12.0 Å². The molecule has 0 aromatic heterocycles. The molecule has 0 bridgehead atoms. The lowest BCUT2D eigenvalue weighted by molar-refractivity contribution is 0.195. The molecule has 0 amide bonds. The average molecular weight is 165 g/mol. The first kappa shape index (κ1) is 9.07. The summed E-state index contributed by atoms with van der Waals surface area (Å²) in [5.41, 5.74) is 1.19. The van der Waals surface area contributed by atoms with Crippen molar-refractivity contribution in [1.82, 2.24) is 0 Å². The molecule has 1 aromatic carbocycles. The van der Waals surface area contributed by atoms with Crippen molar-refractivity contribution in [3.8, 4) is 5.75 Å². The van der Waals surface area contributed by atoms with E-state index in [1.54, 1.807) is 13.2 Å². The van der Waals surface area contributed by atoms with E-state index in [0.29, 0.717) is 0 Å². The lowest BCUT2D eigenvalue weighted by Gasteiger charge is -1.99. The highest BCUT2D eigenvalue weighted by atomic mass is 16.5. The first-order valence-electron chi connectivity index (χ1n) is 4.01. The summed E-state index contributed by atoms with van der Waals surface area (Å²) in [6.45, 7) is 0.779. The number of ether oxygens (including phenoxy) is 1. The second-order valence-corrected chi connectivity index (χ2v) is 2.68. The maximum Gasteiger partial charge on any atom is 0.123 e. The van der Waals surface area contributed by atoms with Crippen LogP contribution in [-0.4, -0.2) is 18.8 Å². The van der Waals surface area contributed by atoms with Crippen LogP contribution in [0.2, 0.25) is 0 Å². The van der Waals surface area contributed by atoms with Gasteiger partial charge in [0.2, 0.25) is 0 Å². The van der Waals surface area contributed by atoms with Crippen LogP contribution < -0.4 is 0 Å². The molecule has 0 unspecified atom stereocenters. The van der Waals surface area contributed by atoms with Crippen molar-refractivity contribution >= 4 is 0 Å². The van der Waals surface area contributed by atoms with Crippen LogP contribution in [0.15, 0.2) is 18.2 Å². The van der Waals surface area contributed by atoms with E-state index in [-0.39, 0.29) is 5.75 Å². The molecule has 0 saturated carbocycles. The van der Waals surface area contributed by atoms with Crippen LogP contribution in [0.3, 0.4) is 0 Å². The summed E-state index contributed by atoms with van der Waals surface area (Å²) < 4.78 is 4.93. The summed E-state index contributed by atoms with van der Waals surface area (Å²) in [6, 6.07) is 8.11. The molecule has 0 aliphatic rings. The van der Waals surface area contributed by atoms with Crippen LogP contribution in [0.4, 0.5) is 0 Å². The van der Waals surface area contributed by atoms with Crippen LogP contribution in [0.25, 0.3) is 0 Å². The van der Waals surface area contributed by atoms with Crippen LogP contribution in [-0.2, 0) is 11.2 Å². The Morgan fingerprint density at radius 1 is 1.50 bits per heavy atom. The summed E-state index contributed by atoms with van der Waals surface area (Å²) >= 11 is 0. The van der Waals surface area contributed by atoms with Gasteiger partial charge in [-0.05, 0) is 30.5 Å². The van der Waals surface area contributed by atoms with Crippen molar-refractivity contribution in [2.24, 2.45) is 0 Å². The van der Waals surface area contributed by atoms with E-state index in [2.05, 4.69) is 6.07 Å². The predicted octanol–water partition coefficient (Wildman–Crippen LogP) is 1.77. The van der Waals surface area contributed by atoms with Crippen molar-refractivity contribution in [2.75, 3.05) is 13.7 Å². The van der Waals surface area contributed by atoms with Gasteiger partial charge in [0.25, 0.3) is 0 Å². The zero-order valence-electron chi connectivity index (χ0n) is 7.21. The molecule has 65 valence electrons. The van der Waals surface area contributed by atoms with Crippen molar-refractivity contribution in [3.05, 3.63) is 29.8 Å². The fraction of sp³-hybridized carbons (Fsp3) is 0.400. The molecular weight excluding hydrogens is 152 g/mol. The zero-order chi connectivity index (χ0) is 8.81. The number of rotatable bonds is 4. The SMILES string of the molecule is COCCCc1c[c]c(O)cc1. The number of methoxy groups -OCH3 is 1. The highest BCUT2D eigenvalue weighted by Gasteiger charge is 1.93. The molecule has 0 saturated heterocycles. The van der Waals surface area contributed by atoms with Gasteiger partial charge < -0.3 is 9.84 Å². The van der Waals surface area contributed by atoms with E-state index in [1.807, 2.05) is 12.1 Å². The van der Waals surface area contributed by atoms with E-state index < -0.39 is 0 Å². The number of hydrogen-bond acceptors (Lipinski definition) is 2. The van der Waals surface area contributed by atoms with E-state index in [4.69, 9.17) is 9.84 Å². The highest BCUT2D eigenvalue weighted by Crippen LogP contribution is 2.09. The van der Waals surface area contributed by atoms with E-state index in [9.17, 15) is 0 Å². The molecule has 0 fully saturated rings. The molecule has 0 heterocycles. The maximum absolute atomic E-state index is 8.95. The first-order chi connectivity index (χ1) is 5.83. The Kier molecular flexibility index (Phi) is 3.61. The summed E-state index contributed by atoms with van der Waals surface area (Å²) in [6.07, 6.45) is 1.99. The molecule has 2 heteroatoms. The Morgan fingerprint density at radius 2 is 2.33 bits per heavy atom. The molecule has 1 aromatic rings. The minimum absolute atomic E-state index is 0.200. The second kappa shape index (κ2) is 4.78. The van der Waals surface area contributed by atoms with Gasteiger partial charge in [0.05, 0.1) is 0 Å². The molecule has 1 radical (unpaired) electrons. The van der Waals surface area contributed by atoms with Crippen LogP contribution in [0.5, 0.6) is 5.75 Å². The van der Waals surface area contributed by atoms with Crippen molar-refractivity contribution < 1.29 is 9.84 Å². The molecule has 12 heavy (non-hydrogen) atoms. The minimum atomic E-state index is 0.200. The maximum atomic E-state index is 8.95. The number of aryl methyl sites for hydroxylation is 1. The van der Waals surface area contributed by atoms with Gasteiger partial charge in [-0.1, -0.05) is 6.07 Å². The molecular formula is C10H13O2. The third-order valence-electron chi connectivity index (χ3n) is 1.67. The quantitative estimate of drug-likeness (QED) is 0.689. The number of hydrogen-bond donors (Lipinski definition) is 1. The Morgan fingerprint density at radius 3 is 2.92 bits per heavy atom. The summed E-state index contributed by atoms with van der Waals surface area (Å²) in [5, 5.41) is 8.95. The largest absolute Gasteiger partial charge is 0.507 e. The van der Waals surface area contributed by atoms with Crippen LogP contribution >= 0.6 is 0 Å². The smallest absolute Gasteiger partial charge is 0.123 e. The van der Waals surface area contributed by atoms with Gasteiger partial charge in [0.15, 0.2) is 0 Å². The lowest BCUT2D eigenvalue weighted by atomic mass is 10.1. The Balaban J connectivity index is 2.37. The first-order valence-corrected chi connectivity index (χ1v) is 4.01. The summed E-state index contributed by atoms with van der Waals surface area (Å²) in [4.78, 5) is 0. The van der Waals surface area contributed by atoms with Crippen molar-refractivity contribution in [2.45, 2.75) is 12.8 Å². The standard InChI is InChI=1S/C10H13O2/c1-12-8-2-3-9-4-6-10(11)7-5-9/h4-6,11H,2-3,8H2,1H3. The monoisotopic (exact) mass is 165 g/mol. The topological polar surface area (TPSA) is 29.5 Å². The summed E-state index contributed by atoms with van der Waals surface area (Å²) in [7, 11) is 1.70. The molecule has 2 nitrogen and oxygen atoms in total. The van der Waals surface area contributed by atoms with Crippen molar-refractivity contribution in [3.63, 3.8) is 0 Å². The third kappa shape index (κ3) is 2.93. The number of aromatic hydroxyl groups is 1. The fourth-order valence-corrected chi connectivity index (χ4v) is 1.02. The van der Waals surface area contributed by atoms with Crippen LogP contribution in [0, 0.1) is 6.07 Å². The zero-order valence-corrected chi connectivity index (χ0v) is 7.21. The molecule has 1 N–H and O–H groups in total. The Hall–Kier alpha value is -1.02. The minimum Gasteiger partial charge on any atom is -0.507 e.